The van der Waals surface area contributed by atoms with Crippen molar-refractivity contribution in [1.82, 2.24) is 0 Å². The average Bonchev–Trinajstić information content (AvgIpc) is 2.66. The lowest BCUT2D eigenvalue weighted by molar-refractivity contribution is 0.0921. The Kier molecular flexibility index (Phi) is 5.47. The summed E-state index contributed by atoms with van der Waals surface area (Å²) in [6, 6.07) is 24.8. The molecule has 0 aliphatic heterocycles. The fourth-order valence-corrected chi connectivity index (χ4v) is 2.52. The van der Waals surface area contributed by atoms with Crippen LogP contribution in [0.4, 0.5) is 0 Å². The fourth-order valence-electron chi connectivity index (χ4n) is 2.52. The van der Waals surface area contributed by atoms with Crippen LogP contribution in [0.2, 0.25) is 0 Å². The van der Waals surface area contributed by atoms with E-state index in [2.05, 4.69) is 0 Å². The van der Waals surface area contributed by atoms with Gasteiger partial charge in [0, 0.05) is 5.56 Å². The Morgan fingerprint density at radius 1 is 0.800 bits per heavy atom. The van der Waals surface area contributed by atoms with Gasteiger partial charge < -0.3 is 9.47 Å². The highest BCUT2D eigenvalue weighted by atomic mass is 16.5. The summed E-state index contributed by atoms with van der Waals surface area (Å²) in [5.74, 6) is 1.40. The number of aryl methyl sites for hydroxylation is 1. The topological polar surface area (TPSA) is 35.5 Å². The minimum atomic E-state index is -0.0454. The van der Waals surface area contributed by atoms with Crippen LogP contribution in [-0.2, 0) is 6.61 Å². The van der Waals surface area contributed by atoms with Gasteiger partial charge >= 0.3 is 0 Å². The smallest absolute Gasteiger partial charge is 0.200 e. The molecular formula is C22H20O3. The second-order valence-electron chi connectivity index (χ2n) is 5.78. The van der Waals surface area contributed by atoms with Gasteiger partial charge in [-0.3, -0.25) is 4.79 Å². The molecule has 0 spiro atoms. The molecular weight excluding hydrogens is 312 g/mol. The molecule has 0 bridgehead atoms. The maximum atomic E-state index is 12.4. The second kappa shape index (κ2) is 8.15. The maximum Gasteiger partial charge on any atom is 0.200 e. The maximum absolute atomic E-state index is 12.4. The third kappa shape index (κ3) is 4.70. The van der Waals surface area contributed by atoms with Gasteiger partial charge in [0.2, 0.25) is 0 Å². The van der Waals surface area contributed by atoms with E-state index >= 15 is 0 Å². The Bertz CT molecular complexity index is 826. The molecule has 3 aromatic carbocycles. The van der Waals surface area contributed by atoms with Crippen LogP contribution < -0.4 is 9.47 Å². The number of ether oxygens (including phenoxy) is 2. The first kappa shape index (κ1) is 16.8. The Balaban J connectivity index is 1.60. The Hall–Kier alpha value is -3.07. The molecule has 0 saturated carbocycles. The van der Waals surface area contributed by atoms with Crippen molar-refractivity contribution in [2.45, 2.75) is 13.5 Å². The van der Waals surface area contributed by atoms with Crippen molar-refractivity contribution in [3.63, 3.8) is 0 Å². The van der Waals surface area contributed by atoms with E-state index in [4.69, 9.17) is 9.47 Å². The highest BCUT2D eigenvalue weighted by molar-refractivity contribution is 5.98. The summed E-state index contributed by atoms with van der Waals surface area (Å²) in [6.07, 6.45) is 0. The summed E-state index contributed by atoms with van der Waals surface area (Å²) in [5, 5.41) is 0. The van der Waals surface area contributed by atoms with E-state index in [1.807, 2.05) is 79.7 Å². The van der Waals surface area contributed by atoms with Gasteiger partial charge in [-0.1, -0.05) is 48.5 Å². The molecule has 3 rings (SSSR count). The first-order valence-electron chi connectivity index (χ1n) is 8.21. The summed E-state index contributed by atoms with van der Waals surface area (Å²) >= 11 is 0. The van der Waals surface area contributed by atoms with Crippen LogP contribution in [0.15, 0.2) is 78.9 Å². The van der Waals surface area contributed by atoms with Crippen LogP contribution in [0, 0.1) is 6.92 Å². The molecule has 0 radical (unpaired) electrons. The zero-order valence-corrected chi connectivity index (χ0v) is 14.1. The van der Waals surface area contributed by atoms with Gasteiger partial charge in [0.25, 0.3) is 0 Å². The fraction of sp³-hybridized carbons (Fsp3) is 0.136. The van der Waals surface area contributed by atoms with E-state index < -0.39 is 0 Å². The first-order valence-corrected chi connectivity index (χ1v) is 8.21. The summed E-state index contributed by atoms with van der Waals surface area (Å²) < 4.78 is 11.3. The molecule has 0 aliphatic rings. The van der Waals surface area contributed by atoms with E-state index in [0.29, 0.717) is 17.9 Å². The highest BCUT2D eigenvalue weighted by Gasteiger charge is 2.11. The quantitative estimate of drug-likeness (QED) is 0.581. The number of hydrogen-bond donors (Lipinski definition) is 0. The normalized spacial score (nSPS) is 10.3. The number of carbonyl (C=O) groups excluding carboxylic acids is 1. The Morgan fingerprint density at radius 2 is 1.48 bits per heavy atom. The molecule has 0 fully saturated rings. The molecule has 0 aliphatic carbocycles. The lowest BCUT2D eigenvalue weighted by Gasteiger charge is -2.10. The van der Waals surface area contributed by atoms with E-state index in [1.165, 1.54) is 0 Å². The largest absolute Gasteiger partial charge is 0.489 e. The lowest BCUT2D eigenvalue weighted by Crippen LogP contribution is -2.13. The van der Waals surface area contributed by atoms with Gasteiger partial charge in [-0.15, -0.1) is 0 Å². The number of Topliss-reactive ketones (excluding diaryl/α,β-unsaturated/α-hetero) is 1. The molecule has 0 unspecified atom stereocenters. The van der Waals surface area contributed by atoms with Crippen molar-refractivity contribution in [2.75, 3.05) is 6.61 Å². The van der Waals surface area contributed by atoms with Crippen molar-refractivity contribution in [2.24, 2.45) is 0 Å². The van der Waals surface area contributed by atoms with Crippen LogP contribution in [-0.4, -0.2) is 12.4 Å². The zero-order chi connectivity index (χ0) is 17.5. The lowest BCUT2D eigenvalue weighted by atomic mass is 10.0. The van der Waals surface area contributed by atoms with Crippen LogP contribution in [0.1, 0.15) is 21.5 Å². The number of para-hydroxylation sites is 1. The summed E-state index contributed by atoms with van der Waals surface area (Å²) in [4.78, 5) is 12.4. The third-order valence-electron chi connectivity index (χ3n) is 3.86. The molecule has 0 atom stereocenters. The molecule has 3 heteroatoms. The highest BCUT2D eigenvalue weighted by Crippen LogP contribution is 2.19. The summed E-state index contributed by atoms with van der Waals surface area (Å²) in [6.45, 7) is 2.44. The van der Waals surface area contributed by atoms with Crippen LogP contribution in [0.25, 0.3) is 0 Å². The average molecular weight is 332 g/mol. The van der Waals surface area contributed by atoms with Gasteiger partial charge in [-0.25, -0.2) is 0 Å². The molecule has 25 heavy (non-hydrogen) atoms. The van der Waals surface area contributed by atoms with Crippen molar-refractivity contribution < 1.29 is 14.3 Å². The predicted molar refractivity (Wildman–Crippen MR) is 98.2 cm³/mol. The summed E-state index contributed by atoms with van der Waals surface area (Å²) in [7, 11) is 0. The van der Waals surface area contributed by atoms with Crippen molar-refractivity contribution in [1.29, 1.82) is 0 Å². The molecule has 0 amide bonds. The van der Waals surface area contributed by atoms with Crippen LogP contribution in [0.3, 0.4) is 0 Å². The van der Waals surface area contributed by atoms with Crippen molar-refractivity contribution in [3.8, 4) is 11.5 Å². The number of hydrogen-bond acceptors (Lipinski definition) is 3. The monoisotopic (exact) mass is 332 g/mol. The van der Waals surface area contributed by atoms with Crippen LogP contribution >= 0.6 is 0 Å². The molecule has 0 N–H and O–H groups in total. The number of ketones is 1. The van der Waals surface area contributed by atoms with Gasteiger partial charge in [-0.2, -0.15) is 0 Å². The molecule has 3 aromatic rings. The number of benzene rings is 3. The number of rotatable bonds is 7. The molecule has 0 saturated heterocycles. The van der Waals surface area contributed by atoms with Gasteiger partial charge in [0.15, 0.2) is 12.4 Å². The second-order valence-corrected chi connectivity index (χ2v) is 5.78. The van der Waals surface area contributed by atoms with Crippen molar-refractivity contribution in [3.05, 3.63) is 95.6 Å². The Morgan fingerprint density at radius 3 is 2.16 bits per heavy atom. The number of carbonyl (C=O) groups is 1. The van der Waals surface area contributed by atoms with E-state index in [1.54, 1.807) is 6.07 Å². The Labute approximate surface area is 147 Å². The van der Waals surface area contributed by atoms with Gasteiger partial charge in [0.05, 0.1) is 0 Å². The molecule has 126 valence electrons. The van der Waals surface area contributed by atoms with E-state index in [0.717, 1.165) is 16.9 Å². The SMILES string of the molecule is Cc1cc(OCc2ccccc2)ccc1C(=O)COc1ccccc1. The zero-order valence-electron chi connectivity index (χ0n) is 14.1. The minimum absolute atomic E-state index is 0.0229. The first-order chi connectivity index (χ1) is 12.2. The minimum Gasteiger partial charge on any atom is -0.489 e. The van der Waals surface area contributed by atoms with Crippen molar-refractivity contribution >= 4 is 5.78 Å². The van der Waals surface area contributed by atoms with Crippen LogP contribution in [0.5, 0.6) is 11.5 Å². The molecule has 0 aromatic heterocycles. The van der Waals surface area contributed by atoms with E-state index in [-0.39, 0.29) is 12.4 Å². The standard InChI is InChI=1S/C22H20O3/c1-17-14-20(24-15-18-8-4-2-5-9-18)12-13-21(17)22(23)16-25-19-10-6-3-7-11-19/h2-14H,15-16H2,1H3. The van der Waals surface area contributed by atoms with Gasteiger partial charge in [0.1, 0.15) is 18.1 Å². The van der Waals surface area contributed by atoms with E-state index in [9.17, 15) is 4.79 Å². The third-order valence-corrected chi connectivity index (χ3v) is 3.86. The summed E-state index contributed by atoms with van der Waals surface area (Å²) in [5.41, 5.74) is 2.65. The molecule has 0 heterocycles. The predicted octanol–water partition coefficient (Wildman–Crippen LogP) is 4.84. The molecule has 3 nitrogen and oxygen atoms in total. The van der Waals surface area contributed by atoms with Gasteiger partial charge in [-0.05, 0) is 48.4 Å².